The van der Waals surface area contributed by atoms with Crippen molar-refractivity contribution in [1.29, 1.82) is 5.26 Å². The molecule has 2 fully saturated rings. The number of carbonyl (C=O) groups excluding carboxylic acids is 5. The normalized spacial score (nSPS) is 23.9. The SMILES string of the molecule is CCOC(=O)C1(CC(C)(C)C(C)(C)C(C)(CC(C)(C)C)C(=O)O)CC1(C)C(C)(C)CC1(C(=O)OCCNC(=O)Nc2ccc(S(N)(=O)=O)cc2)CC1(C)C(C)(C)CC(C)(C(=O)OCCNC(=O)CC#N)C(C)(C)C. The van der Waals surface area contributed by atoms with E-state index >= 15 is 4.79 Å². The van der Waals surface area contributed by atoms with Gasteiger partial charge in [-0.1, -0.05) is 111 Å². The van der Waals surface area contributed by atoms with Gasteiger partial charge in [0.05, 0.1) is 52.3 Å². The number of nitrogens with one attached hydrogen (secondary N) is 3. The van der Waals surface area contributed by atoms with Crippen LogP contribution < -0.4 is 21.1 Å². The smallest absolute Gasteiger partial charge is 0.319 e. The Kier molecular flexibility index (Phi) is 18.3. The molecule has 0 aromatic heterocycles. The number of ether oxygens (including phenoxy) is 3. The third-order valence-electron chi connectivity index (χ3n) is 19.0. The van der Waals surface area contributed by atoms with Gasteiger partial charge in [0, 0.05) is 5.69 Å². The summed E-state index contributed by atoms with van der Waals surface area (Å²) in [6.07, 6.45) is 1.72. The summed E-state index contributed by atoms with van der Waals surface area (Å²) in [6, 6.07) is 6.48. The number of sulfonamides is 1. The lowest BCUT2D eigenvalue weighted by Crippen LogP contribution is -2.53. The number of primary sulfonamides is 1. The number of hydrogen-bond donors (Lipinski definition) is 5. The van der Waals surface area contributed by atoms with E-state index in [-0.39, 0.29) is 68.5 Å². The molecule has 2 saturated carbocycles. The highest BCUT2D eigenvalue weighted by molar-refractivity contribution is 7.89. The number of carbonyl (C=O) groups is 6. The van der Waals surface area contributed by atoms with E-state index < -0.39 is 99.4 Å². The third-order valence-corrected chi connectivity index (χ3v) is 19.9. The Morgan fingerprint density at radius 1 is 0.703 bits per heavy atom. The van der Waals surface area contributed by atoms with E-state index in [1.807, 2.05) is 104 Å². The van der Waals surface area contributed by atoms with Gasteiger partial charge in [0.15, 0.2) is 0 Å². The minimum atomic E-state index is -3.94. The Hall–Kier alpha value is -4.76. The first-order chi connectivity index (χ1) is 33.3. The molecule has 3 rings (SSSR count). The molecule has 74 heavy (non-hydrogen) atoms. The summed E-state index contributed by atoms with van der Waals surface area (Å²) in [5.41, 5.74) is -9.87. The zero-order valence-electron chi connectivity index (χ0n) is 48.2. The molecule has 17 nitrogen and oxygen atoms in total. The summed E-state index contributed by atoms with van der Waals surface area (Å²) in [5, 5.41) is 32.9. The van der Waals surface area contributed by atoms with E-state index in [0.29, 0.717) is 31.4 Å². The van der Waals surface area contributed by atoms with Gasteiger partial charge < -0.3 is 35.3 Å². The van der Waals surface area contributed by atoms with Gasteiger partial charge >= 0.3 is 29.9 Å². The Balaban J connectivity index is 2.09. The molecule has 6 atom stereocenters. The number of nitrogens with zero attached hydrogens (tertiary/aromatic N) is 1. The van der Waals surface area contributed by atoms with E-state index in [0.717, 1.165) is 0 Å². The maximum Gasteiger partial charge on any atom is 0.319 e. The van der Waals surface area contributed by atoms with Crippen LogP contribution in [0.1, 0.15) is 176 Å². The van der Waals surface area contributed by atoms with Crippen LogP contribution in [-0.2, 0) is 48.2 Å². The number of rotatable bonds is 25. The molecule has 0 aliphatic heterocycles. The average Bonchev–Trinajstić information content (AvgIpc) is 4.08. The second-order valence-corrected chi connectivity index (χ2v) is 28.6. The largest absolute Gasteiger partial charge is 0.481 e. The van der Waals surface area contributed by atoms with Gasteiger partial charge in [0.2, 0.25) is 15.9 Å². The van der Waals surface area contributed by atoms with Crippen LogP contribution in [0.3, 0.4) is 0 Å². The van der Waals surface area contributed by atoms with Crippen molar-refractivity contribution in [2.45, 2.75) is 181 Å². The van der Waals surface area contributed by atoms with Crippen molar-refractivity contribution in [2.75, 3.05) is 38.2 Å². The second kappa shape index (κ2) is 21.3. The molecule has 1 aromatic carbocycles. The van der Waals surface area contributed by atoms with Crippen LogP contribution in [0.4, 0.5) is 10.5 Å². The van der Waals surface area contributed by atoms with Crippen molar-refractivity contribution in [3.05, 3.63) is 24.3 Å². The molecule has 0 spiro atoms. The number of benzene rings is 1. The fraction of sp³-hybridized carbons (Fsp3) is 0.768. The average molecular weight is 1060 g/mol. The van der Waals surface area contributed by atoms with Gasteiger partial charge in [-0.15, -0.1) is 0 Å². The molecule has 18 heteroatoms. The fourth-order valence-corrected chi connectivity index (χ4v) is 12.9. The van der Waals surface area contributed by atoms with E-state index in [1.54, 1.807) is 13.0 Å². The molecular weight excluding hydrogens is 967 g/mol. The number of carboxylic acids is 1. The number of carboxylic acid groups (broad SMARTS) is 1. The van der Waals surface area contributed by atoms with E-state index in [1.165, 1.54) is 24.3 Å². The van der Waals surface area contributed by atoms with Gasteiger partial charge in [0.25, 0.3) is 0 Å². The Morgan fingerprint density at radius 3 is 1.66 bits per heavy atom. The first-order valence-corrected chi connectivity index (χ1v) is 27.4. The number of nitriles is 1. The van der Waals surface area contributed by atoms with Crippen molar-refractivity contribution >= 4 is 51.5 Å². The second-order valence-electron chi connectivity index (χ2n) is 27.1. The van der Waals surface area contributed by atoms with Crippen LogP contribution in [0, 0.1) is 76.3 Å². The maximum atomic E-state index is 15.2. The summed E-state index contributed by atoms with van der Waals surface area (Å²) in [6.45, 7) is 37.6. The highest BCUT2D eigenvalue weighted by Gasteiger charge is 2.82. The quantitative estimate of drug-likeness (QED) is 0.0347. The maximum absolute atomic E-state index is 15.2. The van der Waals surface area contributed by atoms with E-state index in [9.17, 15) is 37.5 Å². The Morgan fingerprint density at radius 2 is 1.19 bits per heavy atom. The fourth-order valence-electron chi connectivity index (χ4n) is 12.4. The van der Waals surface area contributed by atoms with Crippen molar-refractivity contribution < 1.29 is 56.5 Å². The van der Waals surface area contributed by atoms with Gasteiger partial charge in [-0.3, -0.25) is 24.0 Å². The van der Waals surface area contributed by atoms with Crippen LogP contribution in [0.25, 0.3) is 0 Å². The van der Waals surface area contributed by atoms with E-state index in [2.05, 4.69) is 36.7 Å². The highest BCUT2D eigenvalue weighted by Crippen LogP contribution is 2.83. The zero-order chi connectivity index (χ0) is 57.4. The topological polar surface area (TPSA) is 270 Å². The van der Waals surface area contributed by atoms with Crippen molar-refractivity contribution in [3.8, 4) is 6.07 Å². The number of aliphatic carboxylic acids is 1. The van der Waals surface area contributed by atoms with Crippen molar-refractivity contribution in [2.24, 2.45) is 70.1 Å². The molecule has 6 N–H and O–H groups in total. The molecule has 3 amide bonds. The molecular formula is C56H91N5O12S. The lowest BCUT2D eigenvalue weighted by Gasteiger charge is -2.54. The molecule has 0 bridgehead atoms. The standard InChI is InChI=1S/C56H91N5O12S/c1-20-71-42(66)55(33-47(8,9)50(14,15)51(16,40(63)64)31-45(2,3)4)36-54(55,19)49(12,13)34-56(43(67)73-30-28-60-44(68)61-37-21-23-38(24-22-37)74(58,69)70)35-53(56,18)48(10,11)32-52(17,46(5,6)7)41(65)72-29-27-59-39(62)25-26-57/h21-24H,20,25,27-36H2,1-19H3,(H,59,62)(H,63,64)(H2,58,69,70)(H2,60,61,68). The highest BCUT2D eigenvalue weighted by atomic mass is 32.2. The summed E-state index contributed by atoms with van der Waals surface area (Å²) < 4.78 is 41.3. The molecule has 2 aliphatic carbocycles. The number of nitrogens with two attached hydrogens (primary N) is 1. The van der Waals surface area contributed by atoms with Gasteiger partial charge in [-0.25, -0.2) is 18.4 Å². The summed E-state index contributed by atoms with van der Waals surface area (Å²) in [7, 11) is -3.94. The van der Waals surface area contributed by atoms with Gasteiger partial charge in [-0.05, 0) is 127 Å². The first kappa shape index (κ1) is 63.5. The number of amides is 3. The predicted molar refractivity (Wildman–Crippen MR) is 283 cm³/mol. The summed E-state index contributed by atoms with van der Waals surface area (Å²) in [5.74, 6) is -2.73. The molecule has 2 aliphatic rings. The van der Waals surface area contributed by atoms with E-state index in [4.69, 9.17) is 24.6 Å². The molecule has 0 saturated heterocycles. The predicted octanol–water partition coefficient (Wildman–Crippen LogP) is 9.78. The molecule has 0 radical (unpaired) electrons. The summed E-state index contributed by atoms with van der Waals surface area (Å²) in [4.78, 5) is 82.3. The minimum absolute atomic E-state index is 0.0268. The van der Waals surface area contributed by atoms with Crippen LogP contribution in [0.2, 0.25) is 0 Å². The zero-order valence-corrected chi connectivity index (χ0v) is 49.0. The number of urea groups is 1. The molecule has 418 valence electrons. The monoisotopic (exact) mass is 1060 g/mol. The third kappa shape index (κ3) is 12.4. The molecule has 0 heterocycles. The molecule has 6 unspecified atom stereocenters. The van der Waals surface area contributed by atoms with Gasteiger partial charge in [-0.2, -0.15) is 5.26 Å². The van der Waals surface area contributed by atoms with Crippen LogP contribution in [0.5, 0.6) is 0 Å². The Labute approximate surface area is 442 Å². The van der Waals surface area contributed by atoms with Crippen molar-refractivity contribution in [3.63, 3.8) is 0 Å². The van der Waals surface area contributed by atoms with Gasteiger partial charge in [0.1, 0.15) is 19.6 Å². The molecule has 1 aromatic rings. The van der Waals surface area contributed by atoms with Crippen LogP contribution >= 0.6 is 0 Å². The lowest BCUT2D eigenvalue weighted by atomic mass is 9.48. The number of anilines is 1. The summed E-state index contributed by atoms with van der Waals surface area (Å²) >= 11 is 0. The van der Waals surface area contributed by atoms with Crippen LogP contribution in [-0.4, -0.2) is 82.2 Å². The van der Waals surface area contributed by atoms with Crippen LogP contribution in [0.15, 0.2) is 29.2 Å². The minimum Gasteiger partial charge on any atom is -0.481 e. The number of hydrogen-bond acceptors (Lipinski definition) is 12. The Bertz CT molecular complexity index is 2450. The number of esters is 3. The van der Waals surface area contributed by atoms with Crippen molar-refractivity contribution in [1.82, 2.24) is 10.6 Å². The lowest BCUT2D eigenvalue weighted by molar-refractivity contribution is -0.171. The first-order valence-electron chi connectivity index (χ1n) is 25.9.